The third-order valence-corrected chi connectivity index (χ3v) is 5.58. The first-order chi connectivity index (χ1) is 16.9. The van der Waals surface area contributed by atoms with Gasteiger partial charge in [-0.15, -0.1) is 0 Å². The Hall–Kier alpha value is -4.47. The van der Waals surface area contributed by atoms with E-state index in [9.17, 15) is 18.8 Å². The Bertz CT molecular complexity index is 1330. The van der Waals surface area contributed by atoms with Crippen LogP contribution < -0.4 is 21.0 Å². The number of rotatable bonds is 5. The number of para-hydroxylation sites is 1. The van der Waals surface area contributed by atoms with Crippen molar-refractivity contribution in [3.63, 3.8) is 0 Å². The second kappa shape index (κ2) is 10.2. The molecular weight excluding hydrogens is 455 g/mol. The molecule has 3 aromatic rings. The lowest BCUT2D eigenvalue weighted by molar-refractivity contribution is 0.0827. The molecule has 0 aliphatic heterocycles. The number of hydrazone groups is 1. The highest BCUT2D eigenvalue weighted by atomic mass is 19.1. The quantitative estimate of drug-likeness (QED) is 0.486. The van der Waals surface area contributed by atoms with Crippen LogP contribution in [0, 0.1) is 12.7 Å². The zero-order valence-corrected chi connectivity index (χ0v) is 19.1. The minimum atomic E-state index is -0.680. The molecule has 10 heteroatoms. The first kappa shape index (κ1) is 23.7. The third kappa shape index (κ3) is 4.91. The molecule has 0 spiro atoms. The molecule has 0 atom stereocenters. The largest absolute Gasteiger partial charge is 0.496 e. The van der Waals surface area contributed by atoms with Crippen LogP contribution in [0.4, 0.5) is 4.39 Å². The van der Waals surface area contributed by atoms with E-state index in [-0.39, 0.29) is 16.9 Å². The Morgan fingerprint density at radius 3 is 2.37 bits per heavy atom. The number of aryl methyl sites for hydroxylation is 1. The molecule has 0 saturated carbocycles. The molecule has 4 rings (SSSR count). The Morgan fingerprint density at radius 2 is 1.63 bits per heavy atom. The molecule has 3 amide bonds. The number of nitrogens with zero attached hydrogens (tertiary/aromatic N) is 1. The highest BCUT2D eigenvalue weighted by Gasteiger charge is 2.28. The van der Waals surface area contributed by atoms with E-state index in [1.807, 2.05) is 0 Å². The number of ether oxygens (including phenoxy) is 1. The number of nitrogens with one attached hydrogen (secondary N) is 3. The molecule has 35 heavy (non-hydrogen) atoms. The maximum absolute atomic E-state index is 13.9. The van der Waals surface area contributed by atoms with E-state index >= 15 is 0 Å². The molecule has 1 aliphatic carbocycles. The van der Waals surface area contributed by atoms with Crippen molar-refractivity contribution >= 4 is 23.4 Å². The van der Waals surface area contributed by atoms with E-state index < -0.39 is 23.5 Å². The van der Waals surface area contributed by atoms with Crippen molar-refractivity contribution in [2.24, 2.45) is 5.10 Å². The molecule has 0 radical (unpaired) electrons. The van der Waals surface area contributed by atoms with Crippen LogP contribution in [0.1, 0.15) is 61.0 Å². The average Bonchev–Trinajstić information content (AvgIpc) is 3.22. The van der Waals surface area contributed by atoms with Crippen molar-refractivity contribution < 1.29 is 27.9 Å². The summed E-state index contributed by atoms with van der Waals surface area (Å²) >= 11 is 0. The molecule has 0 bridgehead atoms. The van der Waals surface area contributed by atoms with E-state index in [2.05, 4.69) is 21.4 Å². The van der Waals surface area contributed by atoms with Crippen LogP contribution in [0.2, 0.25) is 0 Å². The van der Waals surface area contributed by atoms with Gasteiger partial charge in [0.15, 0.2) is 5.76 Å². The van der Waals surface area contributed by atoms with E-state index in [4.69, 9.17) is 9.15 Å². The maximum atomic E-state index is 13.9. The van der Waals surface area contributed by atoms with Crippen molar-refractivity contribution in [1.29, 1.82) is 0 Å². The van der Waals surface area contributed by atoms with Crippen molar-refractivity contribution in [2.45, 2.75) is 26.2 Å². The Balaban J connectivity index is 1.49. The number of fused-ring (bicyclic) bond motifs is 1. The average molecular weight is 478 g/mol. The monoisotopic (exact) mass is 478 g/mol. The van der Waals surface area contributed by atoms with Gasteiger partial charge in [0.25, 0.3) is 11.8 Å². The molecule has 1 aromatic heterocycles. The Kier molecular flexibility index (Phi) is 6.91. The van der Waals surface area contributed by atoms with Crippen LogP contribution >= 0.6 is 0 Å². The second-order valence-corrected chi connectivity index (χ2v) is 7.80. The number of furan rings is 1. The summed E-state index contributed by atoms with van der Waals surface area (Å²) < 4.78 is 24.8. The molecule has 1 aliphatic rings. The number of hydrogen-bond acceptors (Lipinski definition) is 6. The molecule has 0 unspecified atom stereocenters. The molecular formula is C25H23FN4O5. The topological polar surface area (TPSA) is 122 Å². The predicted molar refractivity (Wildman–Crippen MR) is 125 cm³/mol. The molecule has 1 heterocycles. The van der Waals surface area contributed by atoms with Crippen molar-refractivity contribution in [2.75, 3.05) is 7.11 Å². The third-order valence-electron chi connectivity index (χ3n) is 5.58. The number of benzene rings is 2. The fourth-order valence-electron chi connectivity index (χ4n) is 3.89. The maximum Gasteiger partial charge on any atom is 0.305 e. The van der Waals surface area contributed by atoms with Gasteiger partial charge in [0.05, 0.1) is 23.9 Å². The van der Waals surface area contributed by atoms with Gasteiger partial charge >= 0.3 is 5.91 Å². The van der Waals surface area contributed by atoms with Gasteiger partial charge in [0, 0.05) is 17.5 Å². The summed E-state index contributed by atoms with van der Waals surface area (Å²) in [7, 11) is 1.44. The van der Waals surface area contributed by atoms with Gasteiger partial charge in [-0.05, 0) is 44.0 Å². The van der Waals surface area contributed by atoms with Crippen LogP contribution in [0.15, 0.2) is 58.0 Å². The van der Waals surface area contributed by atoms with Gasteiger partial charge in [-0.25, -0.2) is 9.82 Å². The van der Waals surface area contributed by atoms with Crippen LogP contribution in [-0.4, -0.2) is 30.5 Å². The van der Waals surface area contributed by atoms with Gasteiger partial charge in [0.2, 0.25) is 0 Å². The highest BCUT2D eigenvalue weighted by Crippen LogP contribution is 2.30. The summed E-state index contributed by atoms with van der Waals surface area (Å²) in [6.45, 7) is 1.69. The molecule has 180 valence electrons. The van der Waals surface area contributed by atoms with Gasteiger partial charge in [-0.1, -0.05) is 24.3 Å². The van der Waals surface area contributed by atoms with Gasteiger partial charge in [-0.2, -0.15) is 5.10 Å². The van der Waals surface area contributed by atoms with Crippen LogP contribution in [0.25, 0.3) is 0 Å². The zero-order chi connectivity index (χ0) is 24.9. The minimum absolute atomic E-state index is 0.0188. The number of methoxy groups -OCH3 is 1. The zero-order valence-electron chi connectivity index (χ0n) is 19.1. The fourth-order valence-corrected chi connectivity index (χ4v) is 3.89. The first-order valence-corrected chi connectivity index (χ1v) is 10.9. The van der Waals surface area contributed by atoms with Crippen LogP contribution in [0.5, 0.6) is 5.75 Å². The van der Waals surface area contributed by atoms with E-state index in [1.165, 1.54) is 25.3 Å². The summed E-state index contributed by atoms with van der Waals surface area (Å²) in [4.78, 5) is 37.6. The van der Waals surface area contributed by atoms with Gasteiger partial charge in [-0.3, -0.25) is 25.2 Å². The van der Waals surface area contributed by atoms with E-state index in [1.54, 1.807) is 37.3 Å². The smallest absolute Gasteiger partial charge is 0.305 e. The summed E-state index contributed by atoms with van der Waals surface area (Å²) in [6, 6.07) is 12.2. The fraction of sp³-hybridized carbons (Fsp3) is 0.200. The summed E-state index contributed by atoms with van der Waals surface area (Å²) in [5.41, 5.74) is 8.88. The van der Waals surface area contributed by atoms with Crippen molar-refractivity contribution in [3.05, 3.63) is 88.1 Å². The number of amides is 3. The number of hydrazine groups is 1. The summed E-state index contributed by atoms with van der Waals surface area (Å²) in [5.74, 6) is -1.59. The normalized spacial score (nSPS) is 13.6. The molecule has 0 saturated heterocycles. The summed E-state index contributed by atoms with van der Waals surface area (Å²) in [6.07, 6.45) is 1.81. The predicted octanol–water partition coefficient (Wildman–Crippen LogP) is 3.28. The molecule has 0 fully saturated rings. The lowest BCUT2D eigenvalue weighted by Gasteiger charge is -2.13. The van der Waals surface area contributed by atoms with Crippen molar-refractivity contribution in [1.82, 2.24) is 16.3 Å². The number of hydrogen-bond donors (Lipinski definition) is 3. The Morgan fingerprint density at radius 1 is 0.943 bits per heavy atom. The Labute approximate surface area is 200 Å². The number of halogens is 1. The van der Waals surface area contributed by atoms with Gasteiger partial charge < -0.3 is 9.15 Å². The van der Waals surface area contributed by atoms with Crippen LogP contribution in [-0.2, 0) is 6.42 Å². The first-order valence-electron chi connectivity index (χ1n) is 10.9. The summed E-state index contributed by atoms with van der Waals surface area (Å²) in [5, 5.41) is 4.18. The minimum Gasteiger partial charge on any atom is -0.496 e. The van der Waals surface area contributed by atoms with Gasteiger partial charge in [0.1, 0.15) is 17.3 Å². The van der Waals surface area contributed by atoms with E-state index in [0.717, 1.165) is 0 Å². The lowest BCUT2D eigenvalue weighted by atomic mass is 9.93. The molecule has 9 nitrogen and oxygen atoms in total. The lowest BCUT2D eigenvalue weighted by Crippen LogP contribution is -2.41. The standard InChI is InChI=1S/C25H23FN4O5/c1-14-21-18(27-28-23(31)15-8-3-5-10-17(15)26)11-7-13-20(21)35-22(14)25(33)30-29-24(32)16-9-4-6-12-19(16)34-2/h3-6,8-10,12H,7,11,13H2,1-2H3,(H,28,31)(H,29,32)(H,30,33)/b27-18+. The van der Waals surface area contributed by atoms with E-state index in [0.29, 0.717) is 47.6 Å². The molecule has 2 aromatic carbocycles. The molecule has 3 N–H and O–H groups in total. The number of carbonyl (C=O) groups excluding carboxylic acids is 3. The highest BCUT2D eigenvalue weighted by molar-refractivity contribution is 6.07. The number of carbonyl (C=O) groups is 3. The van der Waals surface area contributed by atoms with Crippen molar-refractivity contribution in [3.8, 4) is 5.75 Å². The SMILES string of the molecule is COc1ccccc1C(=O)NNC(=O)c1oc2c(c1C)/C(=N/NC(=O)c1ccccc1F)CCC2. The second-order valence-electron chi connectivity index (χ2n) is 7.80. The van der Waals surface area contributed by atoms with Crippen LogP contribution in [0.3, 0.4) is 0 Å².